The van der Waals surface area contributed by atoms with Crippen LogP contribution in [0.15, 0.2) is 23.1 Å². The summed E-state index contributed by atoms with van der Waals surface area (Å²) in [5, 5.41) is 0. The second-order valence-electron chi connectivity index (χ2n) is 5.05. The molecule has 8 heteroatoms. The first-order valence-corrected chi connectivity index (χ1v) is 9.45. The van der Waals surface area contributed by atoms with E-state index in [4.69, 9.17) is 5.73 Å². The number of nitrogens with two attached hydrogens (primary N) is 1. The average Bonchev–Trinajstić information content (AvgIpc) is 2.71. The summed E-state index contributed by atoms with van der Waals surface area (Å²) in [4.78, 5) is 0.129. The Bertz CT molecular complexity index is 726. The summed E-state index contributed by atoms with van der Waals surface area (Å²) in [7, 11) is -5.45. The maximum absolute atomic E-state index is 12.6. The van der Waals surface area contributed by atoms with Gasteiger partial charge in [-0.15, -0.1) is 0 Å². The molecule has 6 nitrogen and oxygen atoms in total. The first-order valence-electron chi connectivity index (χ1n) is 6.19. The van der Waals surface area contributed by atoms with Gasteiger partial charge >= 0.3 is 0 Å². The lowest BCUT2D eigenvalue weighted by atomic mass is 10.2. The Morgan fingerprint density at radius 2 is 2.00 bits per heavy atom. The maximum atomic E-state index is 12.6. The fourth-order valence-electron chi connectivity index (χ4n) is 2.32. The standard InChI is InChI=1S/C12H18N2O4S2/c1-9-11(13)4-3-5-12(9)20(17,18)14(2)10-6-7-19(15,16)8-10/h3-5,10H,6-8,13H2,1-2H3. The maximum Gasteiger partial charge on any atom is 0.243 e. The van der Waals surface area contributed by atoms with E-state index in [1.807, 2.05) is 0 Å². The smallest absolute Gasteiger partial charge is 0.243 e. The van der Waals surface area contributed by atoms with Crippen LogP contribution in [0.3, 0.4) is 0 Å². The van der Waals surface area contributed by atoms with Gasteiger partial charge in [0.25, 0.3) is 0 Å². The Balaban J connectivity index is 2.38. The quantitative estimate of drug-likeness (QED) is 0.813. The molecule has 2 rings (SSSR count). The molecule has 0 saturated carbocycles. The highest BCUT2D eigenvalue weighted by atomic mass is 32.2. The lowest BCUT2D eigenvalue weighted by molar-refractivity contribution is 0.393. The Morgan fingerprint density at radius 3 is 2.55 bits per heavy atom. The summed E-state index contributed by atoms with van der Waals surface area (Å²) < 4.78 is 49.3. The van der Waals surface area contributed by atoms with Gasteiger partial charge in [-0.3, -0.25) is 0 Å². The van der Waals surface area contributed by atoms with Gasteiger partial charge in [0.2, 0.25) is 10.0 Å². The number of sulfone groups is 1. The van der Waals surface area contributed by atoms with Crippen LogP contribution in [0, 0.1) is 6.92 Å². The van der Waals surface area contributed by atoms with Crippen molar-refractivity contribution in [3.8, 4) is 0 Å². The summed E-state index contributed by atoms with van der Waals surface area (Å²) in [6.45, 7) is 1.64. The minimum absolute atomic E-state index is 0.0352. The predicted molar refractivity (Wildman–Crippen MR) is 77.6 cm³/mol. The van der Waals surface area contributed by atoms with Crippen LogP contribution in [0.1, 0.15) is 12.0 Å². The first-order chi connectivity index (χ1) is 9.15. The van der Waals surface area contributed by atoms with Gasteiger partial charge in [-0.25, -0.2) is 16.8 Å². The van der Waals surface area contributed by atoms with E-state index in [0.29, 0.717) is 17.7 Å². The fourth-order valence-corrected chi connectivity index (χ4v) is 5.83. The summed E-state index contributed by atoms with van der Waals surface area (Å²) in [5.74, 6) is -0.0858. The molecule has 1 saturated heterocycles. The van der Waals surface area contributed by atoms with Gasteiger partial charge in [0, 0.05) is 18.8 Å². The zero-order valence-corrected chi connectivity index (χ0v) is 13.0. The normalized spacial score (nSPS) is 22.2. The highest BCUT2D eigenvalue weighted by Crippen LogP contribution is 2.27. The number of nitrogen functional groups attached to an aromatic ring is 1. The Hall–Kier alpha value is -1.12. The van der Waals surface area contributed by atoms with Crippen molar-refractivity contribution >= 4 is 25.5 Å². The van der Waals surface area contributed by atoms with Crippen molar-refractivity contribution < 1.29 is 16.8 Å². The zero-order valence-electron chi connectivity index (χ0n) is 11.4. The van der Waals surface area contributed by atoms with Crippen molar-refractivity contribution in [2.75, 3.05) is 24.3 Å². The molecule has 1 aromatic carbocycles. The molecular formula is C12H18N2O4S2. The van der Waals surface area contributed by atoms with Crippen molar-refractivity contribution in [3.63, 3.8) is 0 Å². The molecule has 0 aromatic heterocycles. The van der Waals surface area contributed by atoms with E-state index in [2.05, 4.69) is 0 Å². The number of nitrogens with zero attached hydrogens (tertiary/aromatic N) is 1. The van der Waals surface area contributed by atoms with E-state index in [1.54, 1.807) is 19.1 Å². The second kappa shape index (κ2) is 5.01. The van der Waals surface area contributed by atoms with E-state index in [0.717, 1.165) is 4.31 Å². The van der Waals surface area contributed by atoms with Crippen LogP contribution in [0.4, 0.5) is 5.69 Å². The molecule has 0 aliphatic carbocycles. The highest BCUT2D eigenvalue weighted by Gasteiger charge is 2.37. The van der Waals surface area contributed by atoms with Crippen LogP contribution in [0.25, 0.3) is 0 Å². The van der Waals surface area contributed by atoms with E-state index < -0.39 is 25.9 Å². The van der Waals surface area contributed by atoms with Gasteiger partial charge < -0.3 is 5.73 Å². The lowest BCUT2D eigenvalue weighted by Gasteiger charge is -2.24. The third-order valence-corrected chi connectivity index (χ3v) is 7.51. The second-order valence-corrected chi connectivity index (χ2v) is 9.24. The fraction of sp³-hybridized carbons (Fsp3) is 0.500. The SMILES string of the molecule is Cc1c(N)cccc1S(=O)(=O)N(C)C1CCS(=O)(=O)C1. The van der Waals surface area contributed by atoms with E-state index in [9.17, 15) is 16.8 Å². The summed E-state index contributed by atoms with van der Waals surface area (Å²) >= 11 is 0. The number of rotatable bonds is 3. The van der Waals surface area contributed by atoms with E-state index in [1.165, 1.54) is 13.1 Å². The molecule has 0 amide bonds. The van der Waals surface area contributed by atoms with Crippen molar-refractivity contribution in [3.05, 3.63) is 23.8 Å². The van der Waals surface area contributed by atoms with Crippen LogP contribution in [-0.2, 0) is 19.9 Å². The molecule has 1 fully saturated rings. The predicted octanol–water partition coefficient (Wildman–Crippen LogP) is 0.385. The van der Waals surface area contributed by atoms with Crippen molar-refractivity contribution in [1.29, 1.82) is 0 Å². The number of hydrogen-bond acceptors (Lipinski definition) is 5. The van der Waals surface area contributed by atoms with Gasteiger partial charge in [0.15, 0.2) is 9.84 Å². The Labute approximate surface area is 119 Å². The van der Waals surface area contributed by atoms with Crippen molar-refractivity contribution in [2.24, 2.45) is 0 Å². The van der Waals surface area contributed by atoms with E-state index >= 15 is 0 Å². The van der Waals surface area contributed by atoms with Crippen LogP contribution in [-0.4, -0.2) is 45.7 Å². The number of sulfonamides is 1. The number of hydrogen-bond donors (Lipinski definition) is 1. The largest absolute Gasteiger partial charge is 0.398 e. The number of benzene rings is 1. The van der Waals surface area contributed by atoms with Gasteiger partial charge in [0.05, 0.1) is 16.4 Å². The molecule has 20 heavy (non-hydrogen) atoms. The van der Waals surface area contributed by atoms with Gasteiger partial charge in [-0.05, 0) is 31.0 Å². The van der Waals surface area contributed by atoms with Crippen LogP contribution in [0.5, 0.6) is 0 Å². The Morgan fingerprint density at radius 1 is 1.35 bits per heavy atom. The van der Waals surface area contributed by atoms with Gasteiger partial charge in [0.1, 0.15) is 0 Å². The van der Waals surface area contributed by atoms with Crippen LogP contribution in [0.2, 0.25) is 0 Å². The molecule has 1 atom stereocenters. The molecule has 1 unspecified atom stereocenters. The molecule has 0 radical (unpaired) electrons. The molecule has 1 aromatic rings. The minimum Gasteiger partial charge on any atom is -0.398 e. The Kier molecular flexibility index (Phi) is 3.83. The summed E-state index contributed by atoms with van der Waals surface area (Å²) in [6.07, 6.45) is 0.333. The molecule has 1 heterocycles. The molecular weight excluding hydrogens is 300 g/mol. The van der Waals surface area contributed by atoms with Crippen molar-refractivity contribution in [1.82, 2.24) is 4.31 Å². The monoisotopic (exact) mass is 318 g/mol. The molecule has 1 aliphatic rings. The van der Waals surface area contributed by atoms with Crippen LogP contribution < -0.4 is 5.73 Å². The third kappa shape index (κ3) is 2.68. The zero-order chi connectivity index (χ0) is 15.1. The molecule has 0 bridgehead atoms. The van der Waals surface area contributed by atoms with Gasteiger partial charge in [-0.2, -0.15) is 4.31 Å². The molecule has 1 aliphatic heterocycles. The average molecular weight is 318 g/mol. The minimum atomic E-state index is -3.74. The molecule has 0 spiro atoms. The van der Waals surface area contributed by atoms with Crippen LogP contribution >= 0.6 is 0 Å². The summed E-state index contributed by atoms with van der Waals surface area (Å²) in [5.41, 5.74) is 6.62. The topological polar surface area (TPSA) is 97.5 Å². The van der Waals surface area contributed by atoms with E-state index in [-0.39, 0.29) is 16.4 Å². The molecule has 112 valence electrons. The summed E-state index contributed by atoms with van der Waals surface area (Å²) in [6, 6.07) is 4.19. The highest BCUT2D eigenvalue weighted by molar-refractivity contribution is 7.92. The van der Waals surface area contributed by atoms with Crippen molar-refractivity contribution in [2.45, 2.75) is 24.3 Å². The lowest BCUT2D eigenvalue weighted by Crippen LogP contribution is -2.38. The number of anilines is 1. The third-order valence-electron chi connectivity index (χ3n) is 3.71. The molecule has 2 N–H and O–H groups in total. The first kappa shape index (κ1) is 15.3. The van der Waals surface area contributed by atoms with Gasteiger partial charge in [-0.1, -0.05) is 6.07 Å².